The molecule has 7 aliphatic rings. The molecule has 8 heterocycles. The smallest absolute Gasteiger partial charge is 0.394 e. The number of allylic oxidation sites excluding steroid dienone is 4. The first-order chi connectivity index (χ1) is 71.5. The number of carbonyl (C=O) groups excluding carboxylic acids is 4. The molecule has 0 unspecified atom stereocenters. The van der Waals surface area contributed by atoms with E-state index in [9.17, 15) is 66.8 Å². The van der Waals surface area contributed by atoms with Crippen LogP contribution in [0.25, 0.3) is 105 Å². The van der Waals surface area contributed by atoms with E-state index in [-0.39, 0.29) is 58.9 Å². The summed E-state index contributed by atoms with van der Waals surface area (Å²) in [7, 11) is 3.11. The van der Waals surface area contributed by atoms with Crippen LogP contribution in [-0.4, -0.2) is 102 Å². The highest BCUT2D eigenvalue weighted by atomic mass is 35.5. The Kier molecular flexibility index (Phi) is 26.0. The Bertz CT molecular complexity index is 8770. The third-order valence-corrected chi connectivity index (χ3v) is 26.6. The van der Waals surface area contributed by atoms with Crippen molar-refractivity contribution in [2.24, 2.45) is 25.8 Å². The van der Waals surface area contributed by atoms with Gasteiger partial charge in [-0.1, -0.05) is 216 Å². The average molecular weight is 2000 g/mol. The standard InChI is InChI=1S/C26H20F2N2O3.C19H15ClN2O2.C19H13F2NO3.C18H14N2O3.C17H13N3O2.C16H11N3O2/c1-26(27,28)33-18-11-12-22-20(14-18)23(25(31)29-22)21-13-17-9-5-6-10-19(17)24(21)30-32-15-16-7-3-2-4-8-16;1-10-7-16-13(9-15(10)20)17(19(23)21-16)14-8-11-5-3-4-6-12(11)18(14)22-24-2;1-19(20,21)25-11-6-7-15-13(9-11)16(18(24)22-15)14-8-10-4-2-3-5-12(10)17(14)23;1-23-11-6-7-15-13(9-11)16(18(21)19-15)14-8-10-4-2-3-5-12(10)17(14)20-22;1-9-6-7-10-13(8-9)19-17(21)14(10)16-15(20-22)11-4-2-3-5-12(11)18-16;20-16-13(9-5-1-3-7-11(9)18-16)15-14(19-21)10-6-2-4-8-12(10)17-15/h2-12,14H,13,15H2,1H3,(H,29,31);3-7,9H,8H2,1-2H3,(H,21,23);2-7,9H,8H2,1H3,(H,22,24);2-7,9,19,21H,8H2,1H3;2-8,18-19,21H,1H3;1-8,17-18,20H/b23-21+,30-24+;17-14+,22-18?;16-14+;;;. The number of Topliss-reactive ketones (excluding diaryl/α,β-unsaturated/α-hetero) is 1. The molecule has 148 heavy (non-hydrogen) atoms. The highest BCUT2D eigenvalue weighted by Gasteiger charge is 2.40. The SMILES string of the molecule is CC(F)(F)Oc1ccc2c(c1)/C(=C1/Cc3ccccc3/C1=N\OCc1ccccc1)C(=O)N2.CC(F)(F)Oc1ccc2c(c1)/C(=C1/Cc3ccccc3C1=O)C(=O)N2.CON=C1/C(=C2/C(=O)Nc3cc(C)c(Cl)cc32)Cc2ccccc21.COc1ccc2[nH]c(O)c(C3=C(N=O)c4ccccc4C3)c2c1.Cc1ccc2c(-c3[nH]c4ccccc4c3N=O)c(O)[nH]c2c1.O=Nc1c(-c2c(O)[nH]c3ccccc23)[nH]c2ccccc12. The van der Waals surface area contributed by atoms with Crippen molar-refractivity contribution in [3.8, 4) is 57.4 Å². The topological polar surface area (TPSA) is 403 Å². The fourth-order valence-corrected chi connectivity index (χ4v) is 19.8. The van der Waals surface area contributed by atoms with Gasteiger partial charge in [-0.05, 0) is 176 Å². The Balaban J connectivity index is 0.000000108. The average Bonchev–Trinajstić information content (AvgIpc) is 1.59. The maximum Gasteiger partial charge on any atom is 0.394 e. The van der Waals surface area contributed by atoms with Crippen LogP contribution in [0, 0.1) is 28.6 Å². The molecule has 13 aromatic carbocycles. The quantitative estimate of drug-likeness (QED) is 0.0197. The molecule has 0 bridgehead atoms. The number of hydrogen-bond donors (Lipinski definition) is 11. The van der Waals surface area contributed by atoms with Gasteiger partial charge in [0.2, 0.25) is 0 Å². The second-order valence-corrected chi connectivity index (χ2v) is 36.1. The number of benzene rings is 13. The van der Waals surface area contributed by atoms with E-state index in [0.717, 1.165) is 133 Å². The maximum atomic E-state index is 13.4. The van der Waals surface area contributed by atoms with Crippen LogP contribution in [-0.2, 0) is 56.3 Å². The van der Waals surface area contributed by atoms with Crippen LogP contribution >= 0.6 is 11.6 Å². The van der Waals surface area contributed by atoms with Gasteiger partial charge in [0.25, 0.3) is 17.7 Å². The second-order valence-electron chi connectivity index (χ2n) is 35.7. The lowest BCUT2D eigenvalue weighted by Gasteiger charge is -2.14. The van der Waals surface area contributed by atoms with E-state index >= 15 is 0 Å². The zero-order chi connectivity index (χ0) is 103. The largest absolute Gasteiger partial charge is 0.497 e. The molecule has 0 radical (unpaired) electrons. The number of aromatic amines is 5. The van der Waals surface area contributed by atoms with Crippen LogP contribution in [0.2, 0.25) is 5.02 Å². The van der Waals surface area contributed by atoms with Crippen molar-refractivity contribution in [1.82, 2.24) is 24.9 Å². The lowest BCUT2D eigenvalue weighted by molar-refractivity contribution is -0.159. The predicted molar refractivity (Wildman–Crippen MR) is 564 cm³/mol. The first-order valence-corrected chi connectivity index (χ1v) is 47.0. The number of amides is 3. The number of nitrogens with zero attached hydrogens (tertiary/aromatic N) is 5. The number of halogens is 5. The number of nitroso groups, excluding NO2 is 3. The lowest BCUT2D eigenvalue weighted by Crippen LogP contribution is -2.19. The zero-order valence-corrected chi connectivity index (χ0v) is 80.3. The molecule has 0 saturated carbocycles. The number of hydrogen-bond acceptors (Lipinski definition) is 20. The number of oxime groups is 2. The summed E-state index contributed by atoms with van der Waals surface area (Å²) in [5.41, 5.74) is 26.8. The van der Waals surface area contributed by atoms with Crippen LogP contribution in [0.3, 0.4) is 0 Å². The molecule has 11 N–H and O–H groups in total. The number of fused-ring (bicyclic) bond motifs is 12. The molecule has 3 amide bonds. The summed E-state index contributed by atoms with van der Waals surface area (Å²) < 4.78 is 67.6. The number of para-hydroxylation sites is 3. The number of aromatic hydroxyl groups is 3. The van der Waals surface area contributed by atoms with Crippen molar-refractivity contribution in [2.45, 2.75) is 72.2 Å². The highest BCUT2D eigenvalue weighted by molar-refractivity contribution is 6.41. The van der Waals surface area contributed by atoms with Gasteiger partial charge < -0.3 is 80.1 Å². The Hall–Kier alpha value is -18.9. The van der Waals surface area contributed by atoms with Crippen LogP contribution in [0.15, 0.2) is 328 Å². The van der Waals surface area contributed by atoms with Crippen molar-refractivity contribution < 1.29 is 75.9 Å². The van der Waals surface area contributed by atoms with E-state index in [1.54, 1.807) is 25.3 Å². The molecule has 0 atom stereocenters. The fourth-order valence-electron chi connectivity index (χ4n) is 19.7. The number of methoxy groups -OCH3 is 1. The lowest BCUT2D eigenvalue weighted by atomic mass is 9.97. The molecule has 736 valence electrons. The molecule has 33 heteroatoms. The number of H-pyrrole nitrogens is 5. The van der Waals surface area contributed by atoms with Crippen LogP contribution in [0.1, 0.15) is 102 Å². The molecular weight excluding hydrogens is 1910 g/mol. The van der Waals surface area contributed by atoms with Crippen molar-refractivity contribution in [2.75, 3.05) is 30.2 Å². The third kappa shape index (κ3) is 18.7. The molecule has 28 nitrogen and oxygen atoms in total. The molecule has 25 rings (SSSR count). The molecule has 0 saturated heterocycles. The van der Waals surface area contributed by atoms with Crippen molar-refractivity contribution >= 4 is 157 Å². The fraction of sp³-hybridized carbons (Fsp3) is 0.113. The first kappa shape index (κ1) is 96.6. The minimum Gasteiger partial charge on any atom is -0.497 e. The first-order valence-electron chi connectivity index (χ1n) is 46.6. The Morgan fingerprint density at radius 1 is 0.372 bits per heavy atom. The van der Waals surface area contributed by atoms with Gasteiger partial charge in [-0.2, -0.15) is 17.6 Å². The maximum absolute atomic E-state index is 13.4. The molecule has 3 aliphatic heterocycles. The van der Waals surface area contributed by atoms with E-state index < -0.39 is 18.1 Å². The third-order valence-electron chi connectivity index (χ3n) is 26.1. The van der Waals surface area contributed by atoms with Crippen molar-refractivity contribution in [3.05, 3.63) is 405 Å². The number of rotatable bonds is 15. The van der Waals surface area contributed by atoms with Gasteiger partial charge in [0.15, 0.2) is 23.4 Å². The number of aromatic nitrogens is 5. The Morgan fingerprint density at radius 2 is 0.791 bits per heavy atom. The van der Waals surface area contributed by atoms with Crippen molar-refractivity contribution in [3.63, 3.8) is 0 Å². The van der Waals surface area contributed by atoms with E-state index in [4.69, 9.17) is 30.7 Å². The van der Waals surface area contributed by atoms with E-state index in [1.807, 2.05) is 250 Å². The number of alkyl halides is 4. The van der Waals surface area contributed by atoms with Gasteiger partial charge in [0, 0.05) is 166 Å². The van der Waals surface area contributed by atoms with Crippen LogP contribution < -0.4 is 30.2 Å². The Labute approximate surface area is 844 Å². The molecule has 5 aromatic heterocycles. The number of carbonyl (C=O) groups is 4. The number of ether oxygens (including phenoxy) is 3. The number of anilines is 3. The second kappa shape index (κ2) is 39.8. The summed E-state index contributed by atoms with van der Waals surface area (Å²) in [6.07, 6.45) is -4.65. The molecule has 18 aromatic rings. The van der Waals surface area contributed by atoms with Gasteiger partial charge in [0.05, 0.1) is 46.3 Å². The normalized spacial score (nSPS) is 15.9. The summed E-state index contributed by atoms with van der Waals surface area (Å²) in [5.74, 6) is -0.375. The summed E-state index contributed by atoms with van der Waals surface area (Å²) in [6.45, 7) is 5.49. The van der Waals surface area contributed by atoms with E-state index in [0.29, 0.717) is 157 Å². The summed E-state index contributed by atoms with van der Waals surface area (Å²) in [5, 5.41) is 62.1. The van der Waals surface area contributed by atoms with Gasteiger partial charge in [-0.25, -0.2) is 0 Å². The monoisotopic (exact) mass is 2000 g/mol. The van der Waals surface area contributed by atoms with Crippen molar-refractivity contribution in [1.29, 1.82) is 0 Å². The number of ketones is 1. The van der Waals surface area contributed by atoms with Gasteiger partial charge >= 0.3 is 12.2 Å². The van der Waals surface area contributed by atoms with E-state index in [1.165, 1.54) is 37.4 Å². The molecule has 0 spiro atoms. The summed E-state index contributed by atoms with van der Waals surface area (Å²) in [6, 6.07) is 86.3. The molecule has 0 fully saturated rings. The minimum absolute atomic E-state index is 0.0210. The predicted octanol–water partition coefficient (Wildman–Crippen LogP) is 26.6. The van der Waals surface area contributed by atoms with Gasteiger partial charge in [0.1, 0.15) is 59.5 Å². The summed E-state index contributed by atoms with van der Waals surface area (Å²) >= 11 is 6.28. The van der Waals surface area contributed by atoms with Crippen LogP contribution in [0.4, 0.5) is 46.0 Å². The van der Waals surface area contributed by atoms with Gasteiger partial charge in [-0.15, -0.1) is 14.7 Å². The number of nitrogens with one attached hydrogen (secondary N) is 8. The van der Waals surface area contributed by atoms with Crippen LogP contribution in [0.5, 0.6) is 34.9 Å². The number of aryl methyl sites for hydroxylation is 2. The molecule has 4 aliphatic carbocycles. The molecular formula is C115H86ClF4N13O15. The minimum atomic E-state index is -3.34. The van der Waals surface area contributed by atoms with Gasteiger partial charge in [-0.3, -0.25) is 19.2 Å². The summed E-state index contributed by atoms with van der Waals surface area (Å²) in [4.78, 5) is 111. The zero-order valence-electron chi connectivity index (χ0n) is 79.5. The Morgan fingerprint density at radius 3 is 1.31 bits per heavy atom. The van der Waals surface area contributed by atoms with E-state index in [2.05, 4.69) is 71.4 Å². The highest BCUT2D eigenvalue weighted by Crippen LogP contribution is 2.52.